The molecule has 0 aliphatic heterocycles. The Balaban J connectivity index is 0.00000130. The van der Waals surface area contributed by atoms with Crippen LogP contribution in [-0.2, 0) is 13.6 Å². The maximum atomic E-state index is 5.96. The van der Waals surface area contributed by atoms with Gasteiger partial charge in [0.1, 0.15) is 5.52 Å². The second-order valence-electron chi connectivity index (χ2n) is 8.90. The molecule has 3 aromatic heterocycles. The zero-order valence-electron chi connectivity index (χ0n) is 21.1. The van der Waals surface area contributed by atoms with E-state index >= 15 is 0 Å². The Hall–Kier alpha value is -3.97. The van der Waals surface area contributed by atoms with Crippen molar-refractivity contribution in [2.75, 3.05) is 5.32 Å². The van der Waals surface area contributed by atoms with Crippen molar-refractivity contribution in [3.8, 4) is 33.9 Å². The monoisotopic (exact) mass is 479 g/mol. The fourth-order valence-electron chi connectivity index (χ4n) is 4.59. The largest absolute Gasteiger partial charge is 0.365 e. The first-order valence-electron chi connectivity index (χ1n) is 12.7. The number of hydrogen-bond acceptors (Lipinski definition) is 5. The van der Waals surface area contributed by atoms with E-state index in [-0.39, 0.29) is 0 Å². The molecule has 0 bridgehead atoms. The lowest BCUT2D eigenvalue weighted by Crippen LogP contribution is -2.28. The van der Waals surface area contributed by atoms with Gasteiger partial charge in [-0.15, -0.1) is 5.10 Å². The Morgan fingerprint density at radius 1 is 1.03 bits per heavy atom. The number of fused-ring (bicyclic) bond motifs is 1. The molecule has 7 heteroatoms. The van der Waals surface area contributed by atoms with Gasteiger partial charge in [0.05, 0.1) is 0 Å². The average Bonchev–Trinajstić information content (AvgIpc) is 3.51. The van der Waals surface area contributed by atoms with Crippen molar-refractivity contribution in [3.63, 3.8) is 0 Å². The lowest BCUT2D eigenvalue weighted by Gasteiger charge is -2.27. The van der Waals surface area contributed by atoms with Crippen LogP contribution in [0.5, 0.6) is 0 Å². The number of nitrogens with two attached hydrogens (primary N) is 1. The van der Waals surface area contributed by atoms with Crippen LogP contribution in [0.4, 0.5) is 5.82 Å². The van der Waals surface area contributed by atoms with Crippen LogP contribution >= 0.6 is 0 Å². The van der Waals surface area contributed by atoms with Gasteiger partial charge < -0.3 is 15.6 Å². The minimum Gasteiger partial charge on any atom is -0.365 e. The SMILES string of the molecule is CC.Cn1ccnc1-c1nc(NC2CCC2)c2c(-c3ccccc3)c(-c3cccc(CN)c3)cn2n1. The highest BCUT2D eigenvalue weighted by Gasteiger charge is 2.25. The third kappa shape index (κ3) is 4.38. The van der Waals surface area contributed by atoms with Gasteiger partial charge in [0.25, 0.3) is 0 Å². The van der Waals surface area contributed by atoms with E-state index in [0.717, 1.165) is 57.8 Å². The van der Waals surface area contributed by atoms with Gasteiger partial charge in [0, 0.05) is 49.4 Å². The number of aromatic nitrogens is 5. The van der Waals surface area contributed by atoms with E-state index in [2.05, 4.69) is 65.0 Å². The summed E-state index contributed by atoms with van der Waals surface area (Å²) in [4.78, 5) is 9.50. The maximum absolute atomic E-state index is 5.96. The maximum Gasteiger partial charge on any atom is 0.218 e. The highest BCUT2D eigenvalue weighted by molar-refractivity contribution is 5.99. The number of aryl methyl sites for hydroxylation is 1. The summed E-state index contributed by atoms with van der Waals surface area (Å²) >= 11 is 0. The molecule has 36 heavy (non-hydrogen) atoms. The van der Waals surface area contributed by atoms with E-state index in [1.807, 2.05) is 42.2 Å². The van der Waals surface area contributed by atoms with E-state index in [4.69, 9.17) is 15.8 Å². The predicted octanol–water partition coefficient (Wildman–Crippen LogP) is 5.91. The van der Waals surface area contributed by atoms with E-state index in [0.29, 0.717) is 18.4 Å². The van der Waals surface area contributed by atoms with Gasteiger partial charge >= 0.3 is 0 Å². The molecule has 3 N–H and O–H groups in total. The number of hydrogen-bond donors (Lipinski definition) is 2. The van der Waals surface area contributed by atoms with Crippen LogP contribution in [0.2, 0.25) is 0 Å². The number of rotatable bonds is 6. The van der Waals surface area contributed by atoms with Gasteiger partial charge in [-0.25, -0.2) is 14.5 Å². The first kappa shape index (κ1) is 23.8. The van der Waals surface area contributed by atoms with Crippen LogP contribution in [0.25, 0.3) is 39.4 Å². The molecule has 0 radical (unpaired) electrons. The van der Waals surface area contributed by atoms with Crippen LogP contribution in [0, 0.1) is 0 Å². The summed E-state index contributed by atoms with van der Waals surface area (Å²) < 4.78 is 3.91. The fourth-order valence-corrected chi connectivity index (χ4v) is 4.59. The van der Waals surface area contributed by atoms with Crippen LogP contribution in [0.1, 0.15) is 38.7 Å². The summed E-state index contributed by atoms with van der Waals surface area (Å²) in [7, 11) is 1.96. The minimum absolute atomic E-state index is 0.426. The summed E-state index contributed by atoms with van der Waals surface area (Å²) in [6.07, 6.45) is 9.34. The summed E-state index contributed by atoms with van der Waals surface area (Å²) in [5, 5.41) is 8.63. The number of benzene rings is 2. The molecule has 6 rings (SSSR count). The quantitative estimate of drug-likeness (QED) is 0.316. The van der Waals surface area contributed by atoms with Crippen LogP contribution in [-0.4, -0.2) is 30.2 Å². The smallest absolute Gasteiger partial charge is 0.218 e. The molecule has 5 aromatic rings. The van der Waals surface area contributed by atoms with Crippen LogP contribution < -0.4 is 11.1 Å². The molecule has 2 aromatic carbocycles. The Morgan fingerprint density at radius 2 is 1.81 bits per heavy atom. The van der Waals surface area contributed by atoms with Crippen LogP contribution in [0.15, 0.2) is 73.2 Å². The van der Waals surface area contributed by atoms with Crippen molar-refractivity contribution in [1.82, 2.24) is 24.1 Å². The van der Waals surface area contributed by atoms with Crippen molar-refractivity contribution in [2.45, 2.75) is 45.7 Å². The molecule has 7 nitrogen and oxygen atoms in total. The molecule has 0 unspecified atom stereocenters. The van der Waals surface area contributed by atoms with Gasteiger partial charge in [0.2, 0.25) is 5.82 Å². The second kappa shape index (κ2) is 10.3. The third-order valence-electron chi connectivity index (χ3n) is 6.63. The zero-order valence-corrected chi connectivity index (χ0v) is 21.1. The van der Waals surface area contributed by atoms with Gasteiger partial charge in [-0.2, -0.15) is 0 Å². The van der Waals surface area contributed by atoms with Crippen molar-refractivity contribution in [1.29, 1.82) is 0 Å². The molecular weight excluding hydrogens is 446 g/mol. The predicted molar refractivity (Wildman–Crippen MR) is 147 cm³/mol. The molecule has 0 atom stereocenters. The topological polar surface area (TPSA) is 86.1 Å². The molecule has 0 amide bonds. The Labute approximate surface area is 212 Å². The van der Waals surface area contributed by atoms with E-state index in [9.17, 15) is 0 Å². The number of anilines is 1. The zero-order chi connectivity index (χ0) is 25.1. The number of nitrogens with one attached hydrogen (secondary N) is 1. The molecule has 1 saturated carbocycles. The molecule has 1 fully saturated rings. The van der Waals surface area contributed by atoms with E-state index in [1.165, 1.54) is 6.42 Å². The first-order chi connectivity index (χ1) is 17.7. The van der Waals surface area contributed by atoms with Crippen molar-refractivity contribution in [3.05, 3.63) is 78.8 Å². The van der Waals surface area contributed by atoms with Gasteiger partial charge in [-0.1, -0.05) is 62.4 Å². The van der Waals surface area contributed by atoms with Gasteiger partial charge in [-0.3, -0.25) is 0 Å². The lowest BCUT2D eigenvalue weighted by molar-refractivity contribution is 0.444. The average molecular weight is 480 g/mol. The Kier molecular flexibility index (Phi) is 6.82. The van der Waals surface area contributed by atoms with Gasteiger partial charge in [0.15, 0.2) is 11.6 Å². The van der Waals surface area contributed by atoms with E-state index in [1.54, 1.807) is 6.20 Å². The Bertz CT molecular complexity index is 1460. The molecule has 0 spiro atoms. The number of imidazole rings is 1. The van der Waals surface area contributed by atoms with Crippen molar-refractivity contribution < 1.29 is 0 Å². The third-order valence-corrected chi connectivity index (χ3v) is 6.63. The summed E-state index contributed by atoms with van der Waals surface area (Å²) in [6, 6.07) is 19.3. The van der Waals surface area contributed by atoms with Crippen molar-refractivity contribution in [2.24, 2.45) is 12.8 Å². The van der Waals surface area contributed by atoms with E-state index < -0.39 is 0 Å². The standard InChI is InChI=1S/C27H27N7.C2H6/c1-33-14-13-29-27(33)26-31-25(30-21-11-6-12-21)24-23(19-8-3-2-4-9-19)22(17-34(24)32-26)20-10-5-7-18(15-20)16-28;1-2/h2-5,7-10,13-15,17,21H,6,11-12,16,28H2,1H3,(H,30,31,32);1-2H3. The molecule has 3 heterocycles. The second-order valence-corrected chi connectivity index (χ2v) is 8.90. The highest BCUT2D eigenvalue weighted by Crippen LogP contribution is 2.40. The van der Waals surface area contributed by atoms with Crippen molar-refractivity contribution >= 4 is 11.3 Å². The van der Waals surface area contributed by atoms with Gasteiger partial charge in [-0.05, 0) is 42.0 Å². The number of nitrogens with zero attached hydrogens (tertiary/aromatic N) is 5. The summed E-state index contributed by atoms with van der Waals surface area (Å²) in [6.45, 7) is 4.50. The molecule has 1 aliphatic carbocycles. The highest BCUT2D eigenvalue weighted by atomic mass is 15.3. The molecule has 0 saturated heterocycles. The molecule has 184 valence electrons. The lowest BCUT2D eigenvalue weighted by atomic mass is 9.93. The normalized spacial score (nSPS) is 13.2. The summed E-state index contributed by atoms with van der Waals surface area (Å²) in [5.74, 6) is 2.18. The minimum atomic E-state index is 0.426. The summed E-state index contributed by atoms with van der Waals surface area (Å²) in [5.41, 5.74) is 12.5. The Morgan fingerprint density at radius 3 is 2.47 bits per heavy atom. The first-order valence-corrected chi connectivity index (χ1v) is 12.7. The van der Waals surface area contributed by atoms with Crippen LogP contribution in [0.3, 0.4) is 0 Å². The molecule has 1 aliphatic rings. The molecular formula is C29H33N7. The fraction of sp³-hybridized carbons (Fsp3) is 0.276.